The van der Waals surface area contributed by atoms with Gasteiger partial charge in [-0.05, 0) is 36.8 Å². The molecular formula is C21H21NO2. The molecule has 1 spiro atoms. The summed E-state index contributed by atoms with van der Waals surface area (Å²) in [6.45, 7) is 2.46. The average Bonchev–Trinajstić information content (AvgIpc) is 3.33. The van der Waals surface area contributed by atoms with E-state index in [4.69, 9.17) is 0 Å². The second-order valence-corrected chi connectivity index (χ2v) is 7.09. The fourth-order valence-electron chi connectivity index (χ4n) is 3.93. The molecule has 1 heterocycles. The van der Waals surface area contributed by atoms with E-state index in [2.05, 4.69) is 31.2 Å². The zero-order chi connectivity index (χ0) is 16.7. The summed E-state index contributed by atoms with van der Waals surface area (Å²) < 4.78 is 0. The summed E-state index contributed by atoms with van der Waals surface area (Å²) in [4.78, 5) is 26.9. The normalized spacial score (nSPS) is 26.0. The number of imide groups is 1. The lowest BCUT2D eigenvalue weighted by molar-refractivity contribution is -0.154. The van der Waals surface area contributed by atoms with Crippen LogP contribution < -0.4 is 0 Å². The van der Waals surface area contributed by atoms with E-state index in [0.29, 0.717) is 19.4 Å². The summed E-state index contributed by atoms with van der Waals surface area (Å²) in [5.41, 5.74) is 3.11. The average molecular weight is 319 g/mol. The number of rotatable bonds is 3. The minimum absolute atomic E-state index is 0.0215. The molecule has 1 aliphatic carbocycles. The van der Waals surface area contributed by atoms with Crippen molar-refractivity contribution in [3.63, 3.8) is 0 Å². The molecular weight excluding hydrogens is 298 g/mol. The van der Waals surface area contributed by atoms with Crippen molar-refractivity contribution in [2.24, 2.45) is 5.41 Å². The van der Waals surface area contributed by atoms with Gasteiger partial charge < -0.3 is 0 Å². The Kier molecular flexibility index (Phi) is 3.52. The Morgan fingerprint density at radius 3 is 2.46 bits per heavy atom. The van der Waals surface area contributed by atoms with Crippen molar-refractivity contribution in [1.82, 2.24) is 4.90 Å². The first-order valence-corrected chi connectivity index (χ1v) is 8.55. The Morgan fingerprint density at radius 2 is 1.75 bits per heavy atom. The molecule has 1 unspecified atom stereocenters. The molecule has 0 bridgehead atoms. The number of piperidine rings is 1. The van der Waals surface area contributed by atoms with Crippen molar-refractivity contribution < 1.29 is 9.59 Å². The van der Waals surface area contributed by atoms with Gasteiger partial charge in [-0.15, -0.1) is 0 Å². The third kappa shape index (κ3) is 2.44. The second kappa shape index (κ2) is 5.59. The maximum Gasteiger partial charge on any atom is 0.236 e. The van der Waals surface area contributed by atoms with Crippen molar-refractivity contribution in [1.29, 1.82) is 0 Å². The summed E-state index contributed by atoms with van der Waals surface area (Å²) in [5, 5.41) is 0. The third-order valence-electron chi connectivity index (χ3n) is 5.50. The van der Waals surface area contributed by atoms with Crippen LogP contribution in [0.3, 0.4) is 0 Å². The Morgan fingerprint density at radius 1 is 1.04 bits per heavy atom. The van der Waals surface area contributed by atoms with E-state index < -0.39 is 0 Å². The number of aryl methyl sites for hydroxylation is 1. The monoisotopic (exact) mass is 319 g/mol. The lowest BCUT2D eigenvalue weighted by Crippen LogP contribution is -2.46. The molecule has 0 radical (unpaired) electrons. The summed E-state index contributed by atoms with van der Waals surface area (Å²) >= 11 is 0. The van der Waals surface area contributed by atoms with Gasteiger partial charge in [0.05, 0.1) is 12.0 Å². The van der Waals surface area contributed by atoms with E-state index in [-0.39, 0.29) is 23.1 Å². The van der Waals surface area contributed by atoms with Crippen molar-refractivity contribution in [2.75, 3.05) is 0 Å². The van der Waals surface area contributed by atoms with Gasteiger partial charge >= 0.3 is 0 Å². The molecule has 3 nitrogen and oxygen atoms in total. The lowest BCUT2D eigenvalue weighted by Gasteiger charge is -2.32. The topological polar surface area (TPSA) is 37.4 Å². The Labute approximate surface area is 142 Å². The molecule has 2 aromatic carbocycles. The number of likely N-dealkylation sites (tertiary alicyclic amines) is 1. The van der Waals surface area contributed by atoms with Crippen LogP contribution in [0, 0.1) is 12.3 Å². The number of carbonyl (C=O) groups excluding carboxylic acids is 2. The van der Waals surface area contributed by atoms with Crippen molar-refractivity contribution in [3.8, 4) is 0 Å². The molecule has 2 aromatic rings. The quantitative estimate of drug-likeness (QED) is 0.807. The summed E-state index contributed by atoms with van der Waals surface area (Å²) in [5.74, 6) is 0.245. The van der Waals surface area contributed by atoms with Crippen molar-refractivity contribution >= 4 is 11.8 Å². The zero-order valence-corrected chi connectivity index (χ0v) is 13.9. The predicted octanol–water partition coefficient (Wildman–Crippen LogP) is 3.82. The van der Waals surface area contributed by atoms with Gasteiger partial charge in [0, 0.05) is 6.42 Å². The summed E-state index contributed by atoms with van der Waals surface area (Å²) in [7, 11) is 0. The maximum absolute atomic E-state index is 13.1. The zero-order valence-electron chi connectivity index (χ0n) is 13.9. The van der Waals surface area contributed by atoms with Gasteiger partial charge in [-0.1, -0.05) is 60.2 Å². The van der Waals surface area contributed by atoms with E-state index in [1.54, 1.807) is 0 Å². The van der Waals surface area contributed by atoms with Crippen LogP contribution in [0.1, 0.15) is 41.9 Å². The van der Waals surface area contributed by atoms with Crippen LogP contribution in [0.15, 0.2) is 54.6 Å². The van der Waals surface area contributed by atoms with Crippen LogP contribution in [-0.4, -0.2) is 16.7 Å². The first kappa shape index (κ1) is 15.1. The smallest absolute Gasteiger partial charge is 0.236 e. The molecule has 0 aromatic heterocycles. The van der Waals surface area contributed by atoms with Gasteiger partial charge in [-0.2, -0.15) is 0 Å². The van der Waals surface area contributed by atoms with Crippen LogP contribution in [0.4, 0.5) is 0 Å². The standard InChI is InChI=1S/C21H21NO2/c1-15-7-9-17(10-8-15)18-13-21(18)12-11-19(23)22(20(21)24)14-16-5-3-2-4-6-16/h2-10,18H,11-14H2,1H3/t18?,21-/m1/s1. The molecule has 1 saturated heterocycles. The fourth-order valence-corrected chi connectivity index (χ4v) is 3.93. The van der Waals surface area contributed by atoms with Crippen LogP contribution in [-0.2, 0) is 16.1 Å². The van der Waals surface area contributed by atoms with Gasteiger partial charge in [-0.3, -0.25) is 14.5 Å². The number of carbonyl (C=O) groups is 2. The minimum Gasteiger partial charge on any atom is -0.278 e. The summed E-state index contributed by atoms with van der Waals surface area (Å²) in [6.07, 6.45) is 2.03. The van der Waals surface area contributed by atoms with E-state index in [1.165, 1.54) is 16.0 Å². The molecule has 0 N–H and O–H groups in total. The molecule has 122 valence electrons. The van der Waals surface area contributed by atoms with E-state index in [1.807, 2.05) is 30.3 Å². The van der Waals surface area contributed by atoms with E-state index >= 15 is 0 Å². The first-order chi connectivity index (χ1) is 11.6. The number of hydrogen-bond acceptors (Lipinski definition) is 2. The van der Waals surface area contributed by atoms with Gasteiger partial charge in [0.15, 0.2) is 0 Å². The highest BCUT2D eigenvalue weighted by Gasteiger charge is 2.63. The number of amides is 2. The Bertz CT molecular complexity index is 781. The highest BCUT2D eigenvalue weighted by atomic mass is 16.2. The SMILES string of the molecule is Cc1ccc(C2C[C@]23CCC(=O)N(Cc2ccccc2)C3=O)cc1. The molecule has 2 amide bonds. The lowest BCUT2D eigenvalue weighted by atomic mass is 9.88. The molecule has 24 heavy (non-hydrogen) atoms. The Balaban J connectivity index is 1.57. The van der Waals surface area contributed by atoms with Crippen molar-refractivity contribution in [3.05, 3.63) is 71.3 Å². The van der Waals surface area contributed by atoms with Gasteiger partial charge in [-0.25, -0.2) is 0 Å². The molecule has 1 aliphatic heterocycles. The molecule has 2 aliphatic rings. The molecule has 1 saturated carbocycles. The maximum atomic E-state index is 13.1. The van der Waals surface area contributed by atoms with Crippen LogP contribution >= 0.6 is 0 Å². The minimum atomic E-state index is -0.349. The second-order valence-electron chi connectivity index (χ2n) is 7.09. The van der Waals surface area contributed by atoms with Gasteiger partial charge in [0.25, 0.3) is 0 Å². The fraction of sp³-hybridized carbons (Fsp3) is 0.333. The number of benzene rings is 2. The van der Waals surface area contributed by atoms with E-state index in [9.17, 15) is 9.59 Å². The summed E-state index contributed by atoms with van der Waals surface area (Å²) in [6, 6.07) is 18.2. The number of hydrogen-bond donors (Lipinski definition) is 0. The first-order valence-electron chi connectivity index (χ1n) is 8.55. The van der Waals surface area contributed by atoms with Gasteiger partial charge in [0.2, 0.25) is 11.8 Å². The van der Waals surface area contributed by atoms with Crippen LogP contribution in [0.5, 0.6) is 0 Å². The molecule has 2 atom stereocenters. The highest BCUT2D eigenvalue weighted by Crippen LogP contribution is 2.64. The van der Waals surface area contributed by atoms with Crippen LogP contribution in [0.25, 0.3) is 0 Å². The van der Waals surface area contributed by atoms with Gasteiger partial charge in [0.1, 0.15) is 0 Å². The van der Waals surface area contributed by atoms with Crippen molar-refractivity contribution in [2.45, 2.75) is 38.6 Å². The van der Waals surface area contributed by atoms with Crippen LogP contribution in [0.2, 0.25) is 0 Å². The largest absolute Gasteiger partial charge is 0.278 e. The number of nitrogens with zero attached hydrogens (tertiary/aromatic N) is 1. The molecule has 4 rings (SSSR count). The predicted molar refractivity (Wildman–Crippen MR) is 92.2 cm³/mol. The third-order valence-corrected chi connectivity index (χ3v) is 5.50. The van der Waals surface area contributed by atoms with E-state index in [0.717, 1.165) is 12.0 Å². The molecule has 2 fully saturated rings. The Hall–Kier alpha value is -2.42. The molecule has 3 heteroatoms. The highest BCUT2D eigenvalue weighted by molar-refractivity contribution is 6.02.